The van der Waals surface area contributed by atoms with Crippen LogP contribution in [-0.4, -0.2) is 23.2 Å². The van der Waals surface area contributed by atoms with E-state index in [1.807, 2.05) is 24.3 Å². The van der Waals surface area contributed by atoms with Gasteiger partial charge in [-0.05, 0) is 43.0 Å². The number of rotatable bonds is 21. The van der Waals surface area contributed by atoms with Crippen LogP contribution in [0.5, 0.6) is 11.5 Å². The normalized spacial score (nSPS) is 13.2. The first-order chi connectivity index (χ1) is 17.3. The van der Waals surface area contributed by atoms with E-state index in [0.717, 1.165) is 54.9 Å². The second-order valence-electron chi connectivity index (χ2n) is 10.3. The summed E-state index contributed by atoms with van der Waals surface area (Å²) in [6.45, 7) is 3.81. The first-order valence-electron chi connectivity index (χ1n) is 14.5. The molecule has 1 heterocycles. The number of aromatic nitrogens is 2. The fourth-order valence-electron chi connectivity index (χ4n) is 4.50. The summed E-state index contributed by atoms with van der Waals surface area (Å²) in [7, 11) is 0. The SMILES string of the molecule is CCCCCCCCCCCOc1ccc(-c2ncc(OCCCCCCCC3CC3)cn2)cc1. The third kappa shape index (κ3) is 12.4. The summed E-state index contributed by atoms with van der Waals surface area (Å²) in [4.78, 5) is 8.98. The molecule has 0 unspecified atom stereocenters. The van der Waals surface area contributed by atoms with Crippen LogP contribution in [-0.2, 0) is 0 Å². The maximum atomic E-state index is 5.91. The van der Waals surface area contributed by atoms with E-state index in [-0.39, 0.29) is 0 Å². The maximum absolute atomic E-state index is 5.91. The summed E-state index contributed by atoms with van der Waals surface area (Å²) >= 11 is 0. The molecule has 0 N–H and O–H groups in total. The van der Waals surface area contributed by atoms with Crippen LogP contribution in [0.4, 0.5) is 0 Å². The van der Waals surface area contributed by atoms with Gasteiger partial charge in [-0.3, -0.25) is 0 Å². The van der Waals surface area contributed by atoms with Crippen LogP contribution in [0.2, 0.25) is 0 Å². The molecule has 1 aliphatic rings. The highest BCUT2D eigenvalue weighted by atomic mass is 16.5. The molecule has 0 saturated heterocycles. The second kappa shape index (κ2) is 17.3. The topological polar surface area (TPSA) is 44.2 Å². The molecule has 4 nitrogen and oxygen atoms in total. The van der Waals surface area contributed by atoms with E-state index in [1.165, 1.54) is 96.3 Å². The molecule has 1 aromatic carbocycles. The largest absolute Gasteiger partial charge is 0.494 e. The first-order valence-corrected chi connectivity index (χ1v) is 14.5. The average Bonchev–Trinajstić information content (AvgIpc) is 3.72. The van der Waals surface area contributed by atoms with E-state index in [4.69, 9.17) is 9.47 Å². The van der Waals surface area contributed by atoms with Gasteiger partial charge in [-0.15, -0.1) is 0 Å². The van der Waals surface area contributed by atoms with Crippen molar-refractivity contribution in [2.24, 2.45) is 5.92 Å². The number of hydrogen-bond acceptors (Lipinski definition) is 4. The zero-order valence-corrected chi connectivity index (χ0v) is 22.2. The predicted molar refractivity (Wildman–Crippen MR) is 146 cm³/mol. The minimum atomic E-state index is 0.721. The van der Waals surface area contributed by atoms with Gasteiger partial charge in [0.1, 0.15) is 5.75 Å². The molecule has 194 valence electrons. The van der Waals surface area contributed by atoms with Gasteiger partial charge in [-0.2, -0.15) is 0 Å². The van der Waals surface area contributed by atoms with E-state index in [1.54, 1.807) is 12.4 Å². The van der Waals surface area contributed by atoms with Gasteiger partial charge in [-0.1, -0.05) is 103 Å². The highest BCUT2D eigenvalue weighted by Crippen LogP contribution is 2.34. The van der Waals surface area contributed by atoms with E-state index >= 15 is 0 Å². The number of benzene rings is 1. The molecule has 1 aliphatic carbocycles. The van der Waals surface area contributed by atoms with Crippen molar-refractivity contribution in [2.75, 3.05) is 13.2 Å². The van der Waals surface area contributed by atoms with Crippen LogP contribution in [0.1, 0.15) is 116 Å². The standard InChI is InChI=1S/C31H48N2O2/c1-2-3-4-5-6-7-8-11-14-23-34-29-21-19-28(20-22-29)31-32-25-30(26-33-31)35-24-15-12-9-10-13-16-27-17-18-27/h19-22,25-27H,2-18,23-24H2,1H3. The predicted octanol–water partition coefficient (Wildman–Crippen LogP) is 9.18. The van der Waals surface area contributed by atoms with Crippen LogP contribution < -0.4 is 9.47 Å². The number of hydrogen-bond donors (Lipinski definition) is 0. The van der Waals surface area contributed by atoms with Gasteiger partial charge in [0.2, 0.25) is 0 Å². The molecular formula is C31H48N2O2. The molecule has 35 heavy (non-hydrogen) atoms. The number of unbranched alkanes of at least 4 members (excludes halogenated alkanes) is 12. The van der Waals surface area contributed by atoms with Crippen molar-refractivity contribution >= 4 is 0 Å². The van der Waals surface area contributed by atoms with E-state index in [0.29, 0.717) is 0 Å². The Bertz CT molecular complexity index is 772. The molecule has 2 aromatic rings. The van der Waals surface area contributed by atoms with Gasteiger partial charge in [0, 0.05) is 5.56 Å². The monoisotopic (exact) mass is 480 g/mol. The van der Waals surface area contributed by atoms with Gasteiger partial charge in [-0.25, -0.2) is 9.97 Å². The molecule has 0 radical (unpaired) electrons. The van der Waals surface area contributed by atoms with E-state index in [9.17, 15) is 0 Å². The first kappa shape index (κ1) is 27.5. The van der Waals surface area contributed by atoms with Crippen molar-refractivity contribution in [1.29, 1.82) is 0 Å². The summed E-state index contributed by atoms with van der Waals surface area (Å²) in [6.07, 6.45) is 26.4. The quantitative estimate of drug-likeness (QED) is 0.167. The fraction of sp³-hybridized carbons (Fsp3) is 0.677. The van der Waals surface area contributed by atoms with Crippen LogP contribution in [0, 0.1) is 5.92 Å². The van der Waals surface area contributed by atoms with Crippen LogP contribution in [0.25, 0.3) is 11.4 Å². The molecule has 0 amide bonds. The summed E-state index contributed by atoms with van der Waals surface area (Å²) in [6, 6.07) is 8.10. The molecule has 0 aliphatic heterocycles. The van der Waals surface area contributed by atoms with Crippen LogP contribution in [0.15, 0.2) is 36.7 Å². The minimum absolute atomic E-state index is 0.721. The highest BCUT2D eigenvalue weighted by molar-refractivity contribution is 5.56. The van der Waals surface area contributed by atoms with Crippen LogP contribution in [0.3, 0.4) is 0 Å². The lowest BCUT2D eigenvalue weighted by molar-refractivity contribution is 0.302. The van der Waals surface area contributed by atoms with Crippen molar-refractivity contribution in [2.45, 2.75) is 116 Å². The Labute approximate surface area is 214 Å². The van der Waals surface area contributed by atoms with Crippen LogP contribution >= 0.6 is 0 Å². The van der Waals surface area contributed by atoms with E-state index < -0.39 is 0 Å². The lowest BCUT2D eigenvalue weighted by atomic mass is 10.1. The van der Waals surface area contributed by atoms with Gasteiger partial charge in [0.15, 0.2) is 11.6 Å². The Morgan fingerprint density at radius 2 is 1.14 bits per heavy atom. The lowest BCUT2D eigenvalue weighted by Gasteiger charge is -2.08. The van der Waals surface area contributed by atoms with Crippen molar-refractivity contribution in [3.05, 3.63) is 36.7 Å². The zero-order valence-electron chi connectivity index (χ0n) is 22.2. The molecule has 1 fully saturated rings. The van der Waals surface area contributed by atoms with Gasteiger partial charge >= 0.3 is 0 Å². The number of nitrogens with zero attached hydrogens (tertiary/aromatic N) is 2. The Balaban J connectivity index is 1.22. The zero-order chi connectivity index (χ0) is 24.4. The fourth-order valence-corrected chi connectivity index (χ4v) is 4.50. The Kier molecular flexibility index (Phi) is 13.6. The molecule has 0 spiro atoms. The highest BCUT2D eigenvalue weighted by Gasteiger charge is 2.19. The summed E-state index contributed by atoms with van der Waals surface area (Å²) < 4.78 is 11.7. The summed E-state index contributed by atoms with van der Waals surface area (Å²) in [5.74, 6) is 3.46. The number of ether oxygens (including phenoxy) is 2. The Hall–Kier alpha value is -2.10. The molecule has 3 rings (SSSR count). The van der Waals surface area contributed by atoms with Crippen molar-refractivity contribution in [3.63, 3.8) is 0 Å². The summed E-state index contributed by atoms with van der Waals surface area (Å²) in [5, 5.41) is 0. The van der Waals surface area contributed by atoms with Gasteiger partial charge in [0.25, 0.3) is 0 Å². The Morgan fingerprint density at radius 3 is 1.71 bits per heavy atom. The lowest BCUT2D eigenvalue weighted by Crippen LogP contribution is -1.99. The summed E-state index contributed by atoms with van der Waals surface area (Å²) in [5.41, 5.74) is 0.998. The molecule has 4 heteroatoms. The smallest absolute Gasteiger partial charge is 0.159 e. The van der Waals surface area contributed by atoms with Gasteiger partial charge in [0.05, 0.1) is 25.6 Å². The van der Waals surface area contributed by atoms with Crippen molar-refractivity contribution in [3.8, 4) is 22.9 Å². The third-order valence-electron chi connectivity index (χ3n) is 6.98. The van der Waals surface area contributed by atoms with Crippen molar-refractivity contribution in [1.82, 2.24) is 9.97 Å². The van der Waals surface area contributed by atoms with Crippen molar-refractivity contribution < 1.29 is 9.47 Å². The second-order valence-corrected chi connectivity index (χ2v) is 10.3. The molecule has 0 bridgehead atoms. The van der Waals surface area contributed by atoms with E-state index in [2.05, 4.69) is 16.9 Å². The Morgan fingerprint density at radius 1 is 0.629 bits per heavy atom. The molecule has 1 aromatic heterocycles. The molecular weight excluding hydrogens is 432 g/mol. The maximum Gasteiger partial charge on any atom is 0.159 e. The molecule has 0 atom stereocenters. The molecule has 1 saturated carbocycles. The third-order valence-corrected chi connectivity index (χ3v) is 6.98. The minimum Gasteiger partial charge on any atom is -0.494 e. The van der Waals surface area contributed by atoms with Gasteiger partial charge < -0.3 is 9.47 Å². The average molecular weight is 481 g/mol.